The van der Waals surface area contributed by atoms with Gasteiger partial charge in [-0.25, -0.2) is 0 Å². The Labute approximate surface area is 158 Å². The standard InChI is InChI=1S/C18H34N4O2.ClH/c1-20-6-2-16(3-7-20)21-8-10-22(11-9-21)18(23)17(19)14-15-4-12-24-13-5-15;/h15-17H,2-14,19H2,1H3;1H. The largest absolute Gasteiger partial charge is 0.381 e. The number of likely N-dealkylation sites (tertiary alicyclic amines) is 1. The molecule has 3 rings (SSSR count). The second-order valence-corrected chi connectivity index (χ2v) is 7.79. The van der Waals surface area contributed by atoms with Crippen molar-refractivity contribution in [3.63, 3.8) is 0 Å². The third kappa shape index (κ3) is 5.79. The van der Waals surface area contributed by atoms with E-state index in [1.54, 1.807) is 0 Å². The minimum absolute atomic E-state index is 0. The third-order valence-corrected chi connectivity index (χ3v) is 6.08. The van der Waals surface area contributed by atoms with Crippen LogP contribution in [0.2, 0.25) is 0 Å². The normalized spacial score (nSPS) is 26.2. The summed E-state index contributed by atoms with van der Waals surface area (Å²) in [5, 5.41) is 0. The van der Waals surface area contributed by atoms with Gasteiger partial charge in [-0.15, -0.1) is 12.4 Å². The zero-order chi connectivity index (χ0) is 16.9. The van der Waals surface area contributed by atoms with E-state index in [1.807, 2.05) is 4.90 Å². The summed E-state index contributed by atoms with van der Waals surface area (Å²) >= 11 is 0. The van der Waals surface area contributed by atoms with E-state index >= 15 is 0 Å². The molecule has 1 atom stereocenters. The lowest BCUT2D eigenvalue weighted by Crippen LogP contribution is -2.56. The molecule has 0 radical (unpaired) electrons. The first kappa shape index (κ1) is 20.9. The Morgan fingerprint density at radius 3 is 2.24 bits per heavy atom. The molecule has 0 bridgehead atoms. The smallest absolute Gasteiger partial charge is 0.239 e. The molecular formula is C18H35ClN4O2. The fraction of sp³-hybridized carbons (Fsp3) is 0.944. The van der Waals surface area contributed by atoms with Crippen LogP contribution in [-0.4, -0.2) is 92.2 Å². The first-order valence-corrected chi connectivity index (χ1v) is 9.68. The first-order chi connectivity index (χ1) is 11.6. The number of carbonyl (C=O) groups is 1. The number of piperidine rings is 1. The van der Waals surface area contributed by atoms with Gasteiger partial charge in [0.15, 0.2) is 0 Å². The highest BCUT2D eigenvalue weighted by Gasteiger charge is 2.30. The van der Waals surface area contributed by atoms with Gasteiger partial charge in [0.2, 0.25) is 5.91 Å². The average molecular weight is 375 g/mol. The van der Waals surface area contributed by atoms with Crippen LogP contribution < -0.4 is 5.73 Å². The summed E-state index contributed by atoms with van der Waals surface area (Å²) in [4.78, 5) is 19.6. The summed E-state index contributed by atoms with van der Waals surface area (Å²) in [5.74, 6) is 0.711. The van der Waals surface area contributed by atoms with Crippen LogP contribution in [0.1, 0.15) is 32.1 Å². The average Bonchev–Trinajstić information content (AvgIpc) is 2.63. The van der Waals surface area contributed by atoms with E-state index < -0.39 is 0 Å². The van der Waals surface area contributed by atoms with Gasteiger partial charge in [0.25, 0.3) is 0 Å². The molecule has 1 amide bonds. The summed E-state index contributed by atoms with van der Waals surface area (Å²) in [7, 11) is 2.20. The number of hydrogen-bond acceptors (Lipinski definition) is 5. The summed E-state index contributed by atoms with van der Waals surface area (Å²) in [5.41, 5.74) is 6.22. The highest BCUT2D eigenvalue weighted by atomic mass is 35.5. The van der Waals surface area contributed by atoms with Gasteiger partial charge in [0, 0.05) is 45.4 Å². The van der Waals surface area contributed by atoms with Crippen LogP contribution in [0.5, 0.6) is 0 Å². The minimum Gasteiger partial charge on any atom is -0.381 e. The lowest BCUT2D eigenvalue weighted by atomic mass is 9.92. The third-order valence-electron chi connectivity index (χ3n) is 6.08. The maximum atomic E-state index is 12.6. The van der Waals surface area contributed by atoms with Crippen LogP contribution in [0, 0.1) is 5.92 Å². The Bertz CT molecular complexity index is 404. The molecule has 0 aliphatic carbocycles. The van der Waals surface area contributed by atoms with Crippen molar-refractivity contribution in [2.24, 2.45) is 11.7 Å². The van der Waals surface area contributed by atoms with Crippen LogP contribution >= 0.6 is 12.4 Å². The van der Waals surface area contributed by atoms with Crippen molar-refractivity contribution < 1.29 is 9.53 Å². The van der Waals surface area contributed by atoms with E-state index in [0.717, 1.165) is 58.7 Å². The lowest BCUT2D eigenvalue weighted by Gasteiger charge is -2.42. The van der Waals surface area contributed by atoms with Crippen molar-refractivity contribution in [2.75, 3.05) is 59.5 Å². The molecule has 6 nitrogen and oxygen atoms in total. The van der Waals surface area contributed by atoms with E-state index in [1.165, 1.54) is 25.9 Å². The van der Waals surface area contributed by atoms with E-state index in [2.05, 4.69) is 16.8 Å². The number of nitrogens with two attached hydrogens (primary N) is 1. The molecular weight excluding hydrogens is 340 g/mol. The van der Waals surface area contributed by atoms with Crippen molar-refractivity contribution in [3.05, 3.63) is 0 Å². The molecule has 3 heterocycles. The topological polar surface area (TPSA) is 62.0 Å². The molecule has 146 valence electrons. The zero-order valence-electron chi connectivity index (χ0n) is 15.6. The Morgan fingerprint density at radius 1 is 1.04 bits per heavy atom. The Kier molecular flexibility index (Phi) is 8.42. The Hall–Kier alpha value is -0.400. The van der Waals surface area contributed by atoms with Crippen LogP contribution in [0.15, 0.2) is 0 Å². The lowest BCUT2D eigenvalue weighted by molar-refractivity contribution is -0.135. The molecule has 0 aromatic rings. The number of hydrogen-bond donors (Lipinski definition) is 1. The molecule has 3 fully saturated rings. The Balaban J connectivity index is 0.00000225. The first-order valence-electron chi connectivity index (χ1n) is 9.68. The quantitative estimate of drug-likeness (QED) is 0.788. The molecule has 7 heteroatoms. The van der Waals surface area contributed by atoms with E-state index in [4.69, 9.17) is 10.5 Å². The minimum atomic E-state index is -0.331. The number of amides is 1. The summed E-state index contributed by atoms with van der Waals surface area (Å²) in [6.07, 6.45) is 5.43. The highest BCUT2D eigenvalue weighted by molar-refractivity contribution is 5.85. The summed E-state index contributed by atoms with van der Waals surface area (Å²) < 4.78 is 5.39. The number of nitrogens with zero attached hydrogens (tertiary/aromatic N) is 3. The van der Waals surface area contributed by atoms with Crippen LogP contribution in [0.25, 0.3) is 0 Å². The number of piperazine rings is 1. The van der Waals surface area contributed by atoms with E-state index in [-0.39, 0.29) is 24.4 Å². The summed E-state index contributed by atoms with van der Waals surface area (Å²) in [6.45, 7) is 7.72. The van der Waals surface area contributed by atoms with E-state index in [0.29, 0.717) is 12.0 Å². The maximum absolute atomic E-state index is 12.6. The second-order valence-electron chi connectivity index (χ2n) is 7.79. The number of rotatable bonds is 4. The number of ether oxygens (including phenoxy) is 1. The van der Waals surface area contributed by atoms with Gasteiger partial charge in [0.1, 0.15) is 0 Å². The molecule has 0 saturated carbocycles. The maximum Gasteiger partial charge on any atom is 0.239 e. The van der Waals surface area contributed by atoms with E-state index in [9.17, 15) is 4.79 Å². The predicted molar refractivity (Wildman–Crippen MR) is 102 cm³/mol. The van der Waals surface area contributed by atoms with Crippen molar-refractivity contribution >= 4 is 18.3 Å². The molecule has 0 spiro atoms. The second kappa shape index (κ2) is 10.1. The van der Waals surface area contributed by atoms with Gasteiger partial charge in [-0.1, -0.05) is 0 Å². The van der Waals surface area contributed by atoms with Crippen LogP contribution in [0.3, 0.4) is 0 Å². The molecule has 2 N–H and O–H groups in total. The fourth-order valence-corrected chi connectivity index (χ4v) is 4.34. The van der Waals surface area contributed by atoms with Gasteiger partial charge in [0.05, 0.1) is 6.04 Å². The number of halogens is 1. The molecule has 3 saturated heterocycles. The predicted octanol–water partition coefficient (Wildman–Crippen LogP) is 0.791. The SMILES string of the molecule is CN1CCC(N2CCN(C(=O)C(N)CC3CCOCC3)CC2)CC1.Cl. The van der Waals surface area contributed by atoms with Gasteiger partial charge in [-0.2, -0.15) is 0 Å². The zero-order valence-corrected chi connectivity index (χ0v) is 16.4. The van der Waals surface area contributed by atoms with Gasteiger partial charge < -0.3 is 20.3 Å². The van der Waals surface area contributed by atoms with Gasteiger partial charge in [-0.3, -0.25) is 9.69 Å². The summed E-state index contributed by atoms with van der Waals surface area (Å²) in [6, 6.07) is 0.373. The monoisotopic (exact) mass is 374 g/mol. The Morgan fingerprint density at radius 2 is 1.64 bits per heavy atom. The molecule has 3 aliphatic heterocycles. The van der Waals surface area contributed by atoms with Crippen molar-refractivity contribution in [2.45, 2.75) is 44.2 Å². The molecule has 1 unspecified atom stereocenters. The van der Waals surface area contributed by atoms with Crippen molar-refractivity contribution in [1.29, 1.82) is 0 Å². The van der Waals surface area contributed by atoms with Gasteiger partial charge >= 0.3 is 0 Å². The number of carbonyl (C=O) groups excluding carboxylic acids is 1. The molecule has 0 aromatic carbocycles. The molecule has 3 aliphatic rings. The molecule has 0 aromatic heterocycles. The van der Waals surface area contributed by atoms with Crippen molar-refractivity contribution in [3.8, 4) is 0 Å². The molecule has 25 heavy (non-hydrogen) atoms. The fourth-order valence-electron chi connectivity index (χ4n) is 4.34. The van der Waals surface area contributed by atoms with Crippen LogP contribution in [-0.2, 0) is 9.53 Å². The van der Waals surface area contributed by atoms with Crippen molar-refractivity contribution in [1.82, 2.24) is 14.7 Å². The highest BCUT2D eigenvalue weighted by Crippen LogP contribution is 2.21. The van der Waals surface area contributed by atoms with Crippen LogP contribution in [0.4, 0.5) is 0 Å². The van der Waals surface area contributed by atoms with Gasteiger partial charge in [-0.05, 0) is 58.2 Å².